The molecule has 0 radical (unpaired) electrons. The van der Waals surface area contributed by atoms with Crippen LogP contribution in [-0.2, 0) is 0 Å². The van der Waals surface area contributed by atoms with Gasteiger partial charge in [0.25, 0.3) is 5.91 Å². The van der Waals surface area contributed by atoms with E-state index in [1.165, 1.54) is 31.0 Å². The van der Waals surface area contributed by atoms with Gasteiger partial charge >= 0.3 is 0 Å². The van der Waals surface area contributed by atoms with E-state index in [-0.39, 0.29) is 5.56 Å². The zero-order valence-electron chi connectivity index (χ0n) is 12.9. The molecular weight excluding hydrogens is 301 g/mol. The van der Waals surface area contributed by atoms with Crippen LogP contribution in [-0.4, -0.2) is 17.1 Å². The van der Waals surface area contributed by atoms with E-state index in [9.17, 15) is 9.18 Å². The highest BCUT2D eigenvalue weighted by atomic mass is 32.1. The molecule has 0 bridgehead atoms. The number of hydrogen-bond acceptors (Lipinski definition) is 2. The van der Waals surface area contributed by atoms with Crippen molar-refractivity contribution in [2.45, 2.75) is 39.2 Å². The lowest BCUT2D eigenvalue weighted by Gasteiger charge is -2.35. The van der Waals surface area contributed by atoms with Gasteiger partial charge in [0.15, 0.2) is 5.11 Å². The normalized spacial score (nSPS) is 24.4. The summed E-state index contributed by atoms with van der Waals surface area (Å²) in [4.78, 5) is 11.9. The summed E-state index contributed by atoms with van der Waals surface area (Å²) in [6.07, 6.45) is 3.48. The smallest absolute Gasteiger partial charge is 0.272 e. The summed E-state index contributed by atoms with van der Waals surface area (Å²) in [7, 11) is 0. The van der Waals surface area contributed by atoms with Gasteiger partial charge in [0, 0.05) is 6.04 Å². The number of hydrazine groups is 1. The van der Waals surface area contributed by atoms with Crippen molar-refractivity contribution in [3.63, 3.8) is 0 Å². The Morgan fingerprint density at radius 1 is 1.23 bits per heavy atom. The van der Waals surface area contributed by atoms with Gasteiger partial charge in [-0.15, -0.1) is 0 Å². The molecule has 1 aromatic rings. The molecule has 120 valence electrons. The zero-order chi connectivity index (χ0) is 16.1. The van der Waals surface area contributed by atoms with Gasteiger partial charge in [0.1, 0.15) is 5.82 Å². The van der Waals surface area contributed by atoms with Crippen LogP contribution in [0.3, 0.4) is 0 Å². The third-order valence-electron chi connectivity index (χ3n) is 4.43. The van der Waals surface area contributed by atoms with Crippen LogP contribution in [0.2, 0.25) is 0 Å². The lowest BCUT2D eigenvalue weighted by molar-refractivity contribution is 0.0939. The fraction of sp³-hybridized carbons (Fsp3) is 0.500. The Bertz CT molecular complexity index is 552. The maximum absolute atomic E-state index is 13.5. The third kappa shape index (κ3) is 4.16. The van der Waals surface area contributed by atoms with Crippen molar-refractivity contribution in [3.05, 3.63) is 35.6 Å². The number of hydrogen-bond donors (Lipinski definition) is 3. The van der Waals surface area contributed by atoms with Crippen LogP contribution in [0.1, 0.15) is 43.5 Å². The van der Waals surface area contributed by atoms with Crippen LogP contribution in [0.4, 0.5) is 4.39 Å². The summed E-state index contributed by atoms with van der Waals surface area (Å²) in [5.74, 6) is 0.0699. The Balaban J connectivity index is 1.83. The summed E-state index contributed by atoms with van der Waals surface area (Å²) in [6.45, 7) is 4.46. The topological polar surface area (TPSA) is 53.2 Å². The van der Waals surface area contributed by atoms with E-state index in [4.69, 9.17) is 12.2 Å². The number of nitrogens with one attached hydrogen (secondary N) is 3. The van der Waals surface area contributed by atoms with Gasteiger partial charge in [0.2, 0.25) is 0 Å². The van der Waals surface area contributed by atoms with Crippen molar-refractivity contribution < 1.29 is 9.18 Å². The van der Waals surface area contributed by atoms with Crippen molar-refractivity contribution in [1.82, 2.24) is 16.2 Å². The number of thiocarbonyl (C=S) groups is 1. The van der Waals surface area contributed by atoms with E-state index >= 15 is 0 Å². The minimum absolute atomic E-state index is 0.0162. The van der Waals surface area contributed by atoms with Crippen molar-refractivity contribution in [2.24, 2.45) is 11.8 Å². The van der Waals surface area contributed by atoms with Gasteiger partial charge in [-0.05, 0) is 42.6 Å². The molecule has 0 saturated heterocycles. The molecule has 3 atom stereocenters. The second kappa shape index (κ2) is 7.54. The SMILES string of the molecule is C[C@@H]1[C@H](C)CCC[C@H]1NC(=S)NNC(=O)c1ccccc1F. The molecule has 22 heavy (non-hydrogen) atoms. The van der Waals surface area contributed by atoms with E-state index in [1.54, 1.807) is 6.07 Å². The van der Waals surface area contributed by atoms with E-state index in [2.05, 4.69) is 30.0 Å². The molecule has 1 saturated carbocycles. The molecule has 0 unspecified atom stereocenters. The van der Waals surface area contributed by atoms with Crippen LogP contribution in [0, 0.1) is 17.7 Å². The number of amides is 1. The summed E-state index contributed by atoms with van der Waals surface area (Å²) in [6, 6.07) is 6.12. The average molecular weight is 323 g/mol. The molecule has 0 aromatic heterocycles. The predicted octanol–water partition coefficient (Wildman–Crippen LogP) is 2.76. The average Bonchev–Trinajstić information content (AvgIpc) is 2.50. The Morgan fingerprint density at radius 3 is 2.68 bits per heavy atom. The molecular formula is C16H22FN3OS. The Hall–Kier alpha value is -1.69. The Labute approximate surface area is 135 Å². The molecule has 1 aliphatic carbocycles. The fourth-order valence-corrected chi connectivity index (χ4v) is 3.02. The summed E-state index contributed by atoms with van der Waals surface area (Å²) in [5, 5.41) is 3.59. The van der Waals surface area contributed by atoms with Gasteiger partial charge in [-0.1, -0.05) is 38.8 Å². The lowest BCUT2D eigenvalue weighted by Crippen LogP contribution is -2.52. The quantitative estimate of drug-likeness (QED) is 0.579. The number of carbonyl (C=O) groups is 1. The molecule has 2 rings (SSSR count). The first-order chi connectivity index (χ1) is 10.5. The molecule has 1 amide bonds. The maximum Gasteiger partial charge on any atom is 0.272 e. The van der Waals surface area contributed by atoms with Crippen molar-refractivity contribution >= 4 is 23.2 Å². The van der Waals surface area contributed by atoms with Gasteiger partial charge < -0.3 is 5.32 Å². The van der Waals surface area contributed by atoms with Gasteiger partial charge in [-0.2, -0.15) is 0 Å². The summed E-state index contributed by atoms with van der Waals surface area (Å²) < 4.78 is 13.5. The molecule has 1 fully saturated rings. The monoisotopic (exact) mass is 323 g/mol. The predicted molar refractivity (Wildman–Crippen MR) is 88.7 cm³/mol. The maximum atomic E-state index is 13.5. The van der Waals surface area contributed by atoms with Gasteiger partial charge in [0.05, 0.1) is 5.56 Å². The first kappa shape index (κ1) is 16.7. The first-order valence-corrected chi connectivity index (χ1v) is 8.01. The van der Waals surface area contributed by atoms with Gasteiger partial charge in [-0.25, -0.2) is 4.39 Å². The molecule has 0 spiro atoms. The highest BCUT2D eigenvalue weighted by Crippen LogP contribution is 2.29. The largest absolute Gasteiger partial charge is 0.358 e. The molecule has 3 N–H and O–H groups in total. The minimum Gasteiger partial charge on any atom is -0.358 e. The molecule has 4 nitrogen and oxygen atoms in total. The van der Waals surface area contributed by atoms with Crippen molar-refractivity contribution in [1.29, 1.82) is 0 Å². The number of halogens is 1. The molecule has 1 aromatic carbocycles. The van der Waals surface area contributed by atoms with Crippen LogP contribution >= 0.6 is 12.2 Å². The zero-order valence-corrected chi connectivity index (χ0v) is 13.7. The summed E-state index contributed by atoms with van der Waals surface area (Å²) in [5.41, 5.74) is 5.05. The second-order valence-electron chi connectivity index (χ2n) is 5.91. The Morgan fingerprint density at radius 2 is 1.95 bits per heavy atom. The van der Waals surface area contributed by atoms with E-state index in [0.717, 1.165) is 6.42 Å². The van der Waals surface area contributed by atoms with Crippen LogP contribution in [0.5, 0.6) is 0 Å². The fourth-order valence-electron chi connectivity index (χ4n) is 2.82. The lowest BCUT2D eigenvalue weighted by atomic mass is 9.78. The number of rotatable bonds is 2. The summed E-state index contributed by atoms with van der Waals surface area (Å²) >= 11 is 5.20. The van der Waals surface area contributed by atoms with Crippen LogP contribution in [0.25, 0.3) is 0 Å². The molecule has 1 aliphatic rings. The van der Waals surface area contributed by atoms with E-state index in [1.807, 2.05) is 0 Å². The molecule has 6 heteroatoms. The van der Waals surface area contributed by atoms with Crippen LogP contribution < -0.4 is 16.2 Å². The Kier molecular flexibility index (Phi) is 5.71. The minimum atomic E-state index is -0.560. The molecule has 0 heterocycles. The van der Waals surface area contributed by atoms with E-state index < -0.39 is 11.7 Å². The standard InChI is InChI=1S/C16H22FN3OS/c1-10-6-5-9-14(11(10)2)18-16(22)20-19-15(21)12-7-3-4-8-13(12)17/h3-4,7-8,10-11,14H,5-6,9H2,1-2H3,(H,19,21)(H2,18,20,22)/t10-,11-,14-/m1/s1. The second-order valence-corrected chi connectivity index (χ2v) is 6.31. The number of carbonyl (C=O) groups excluding carboxylic acids is 1. The first-order valence-electron chi connectivity index (χ1n) is 7.60. The van der Waals surface area contributed by atoms with Crippen LogP contribution in [0.15, 0.2) is 24.3 Å². The van der Waals surface area contributed by atoms with Gasteiger partial charge in [-0.3, -0.25) is 15.6 Å². The third-order valence-corrected chi connectivity index (χ3v) is 4.65. The van der Waals surface area contributed by atoms with Crippen molar-refractivity contribution in [2.75, 3.05) is 0 Å². The highest BCUT2D eigenvalue weighted by Gasteiger charge is 2.27. The van der Waals surface area contributed by atoms with E-state index in [0.29, 0.717) is 23.0 Å². The number of benzene rings is 1. The highest BCUT2D eigenvalue weighted by molar-refractivity contribution is 7.80. The molecule has 0 aliphatic heterocycles. The van der Waals surface area contributed by atoms with Crippen molar-refractivity contribution in [3.8, 4) is 0 Å².